The van der Waals surface area contributed by atoms with Crippen molar-refractivity contribution in [2.45, 2.75) is 26.7 Å². The molecule has 0 aliphatic carbocycles. The van der Waals surface area contributed by atoms with Crippen LogP contribution >= 0.6 is 0 Å². The molecule has 0 aliphatic heterocycles. The number of aromatic nitrogens is 2. The third-order valence-corrected chi connectivity index (χ3v) is 2.12. The second kappa shape index (κ2) is 5.97. The summed E-state index contributed by atoms with van der Waals surface area (Å²) < 4.78 is 5.26. The van der Waals surface area contributed by atoms with Gasteiger partial charge in [-0.25, -0.2) is 4.98 Å². The van der Waals surface area contributed by atoms with E-state index in [4.69, 9.17) is 10.5 Å². The van der Waals surface area contributed by atoms with Crippen LogP contribution in [-0.4, -0.2) is 21.5 Å². The quantitative estimate of drug-likeness (QED) is 0.461. The van der Waals surface area contributed by atoms with Crippen LogP contribution in [0.5, 0.6) is 5.88 Å². The summed E-state index contributed by atoms with van der Waals surface area (Å²) >= 11 is 0. The summed E-state index contributed by atoms with van der Waals surface area (Å²) in [4.78, 5) is 17.4. The van der Waals surface area contributed by atoms with Crippen LogP contribution < -0.4 is 10.5 Å². The second-order valence-corrected chi connectivity index (χ2v) is 4.06. The maximum atomic E-state index is 10.7. The molecule has 7 heteroatoms. The Bertz CT molecular complexity index is 395. The third kappa shape index (κ3) is 4.21. The van der Waals surface area contributed by atoms with Crippen molar-refractivity contribution in [2.75, 3.05) is 12.3 Å². The Morgan fingerprint density at radius 1 is 1.59 bits per heavy atom. The van der Waals surface area contributed by atoms with E-state index in [1.54, 1.807) is 0 Å². The predicted octanol–water partition coefficient (Wildman–Crippen LogP) is 1.78. The van der Waals surface area contributed by atoms with Crippen LogP contribution in [0.4, 0.5) is 11.6 Å². The topological polar surface area (TPSA) is 104 Å². The van der Waals surface area contributed by atoms with Gasteiger partial charge in [-0.2, -0.15) is 4.98 Å². The van der Waals surface area contributed by atoms with E-state index in [2.05, 4.69) is 23.8 Å². The molecular weight excluding hydrogens is 224 g/mol. The molecule has 0 amide bonds. The molecule has 0 spiro atoms. The Morgan fingerprint density at radius 3 is 2.88 bits per heavy atom. The van der Waals surface area contributed by atoms with Crippen LogP contribution in [-0.2, 0) is 0 Å². The first-order valence-corrected chi connectivity index (χ1v) is 5.40. The van der Waals surface area contributed by atoms with E-state index in [0.717, 1.165) is 19.0 Å². The lowest BCUT2D eigenvalue weighted by atomic mass is 10.1. The highest BCUT2D eigenvalue weighted by Crippen LogP contribution is 2.23. The summed E-state index contributed by atoms with van der Waals surface area (Å²) in [6, 6.07) is 0. The van der Waals surface area contributed by atoms with Gasteiger partial charge in [0.15, 0.2) is 0 Å². The lowest BCUT2D eigenvalue weighted by Crippen LogP contribution is -2.06. The van der Waals surface area contributed by atoms with Gasteiger partial charge < -0.3 is 10.5 Å². The largest absolute Gasteiger partial charge is 0.473 e. The number of hydrogen-bond donors (Lipinski definition) is 1. The van der Waals surface area contributed by atoms with Gasteiger partial charge in [-0.3, -0.25) is 10.1 Å². The highest BCUT2D eigenvalue weighted by Gasteiger charge is 2.17. The van der Waals surface area contributed by atoms with Gasteiger partial charge in [0.05, 0.1) is 11.5 Å². The minimum atomic E-state index is -0.586. The van der Waals surface area contributed by atoms with Gasteiger partial charge in [0.1, 0.15) is 6.20 Å². The van der Waals surface area contributed by atoms with Crippen molar-refractivity contribution in [3.8, 4) is 5.88 Å². The smallest absolute Gasteiger partial charge is 0.349 e. The Hall–Kier alpha value is -1.92. The zero-order valence-corrected chi connectivity index (χ0v) is 9.92. The number of anilines is 1. The van der Waals surface area contributed by atoms with Crippen LogP contribution in [0, 0.1) is 16.0 Å². The van der Waals surface area contributed by atoms with Crippen LogP contribution in [0.1, 0.15) is 26.7 Å². The number of ether oxygens (including phenoxy) is 1. The Labute approximate surface area is 99.2 Å². The molecule has 17 heavy (non-hydrogen) atoms. The summed E-state index contributed by atoms with van der Waals surface area (Å²) in [5.41, 5.74) is 5.09. The highest BCUT2D eigenvalue weighted by molar-refractivity contribution is 5.41. The molecule has 0 bridgehead atoms. The van der Waals surface area contributed by atoms with E-state index in [9.17, 15) is 10.1 Å². The molecule has 0 saturated carbocycles. The molecule has 1 aromatic rings. The first-order chi connectivity index (χ1) is 8.00. The van der Waals surface area contributed by atoms with Gasteiger partial charge in [0.2, 0.25) is 5.95 Å². The summed E-state index contributed by atoms with van der Waals surface area (Å²) in [6.45, 7) is 4.59. The van der Waals surface area contributed by atoms with Crippen molar-refractivity contribution < 1.29 is 9.66 Å². The van der Waals surface area contributed by atoms with Crippen LogP contribution in [0.15, 0.2) is 6.20 Å². The first kappa shape index (κ1) is 13.1. The van der Waals surface area contributed by atoms with Crippen molar-refractivity contribution in [3.63, 3.8) is 0 Å². The molecule has 0 aliphatic rings. The molecule has 0 saturated heterocycles. The Kier molecular flexibility index (Phi) is 4.62. The molecule has 0 aromatic carbocycles. The van der Waals surface area contributed by atoms with E-state index in [-0.39, 0.29) is 17.5 Å². The minimum Gasteiger partial charge on any atom is -0.473 e. The zero-order chi connectivity index (χ0) is 12.8. The fourth-order valence-corrected chi connectivity index (χ4v) is 1.26. The molecule has 0 atom stereocenters. The van der Waals surface area contributed by atoms with E-state index in [1.165, 1.54) is 0 Å². The zero-order valence-electron chi connectivity index (χ0n) is 9.92. The summed E-state index contributed by atoms with van der Waals surface area (Å²) in [5.74, 6) is 0.477. The van der Waals surface area contributed by atoms with Crippen molar-refractivity contribution >= 4 is 11.6 Å². The molecule has 0 fully saturated rings. The van der Waals surface area contributed by atoms with Gasteiger partial charge in [-0.05, 0) is 18.8 Å². The monoisotopic (exact) mass is 240 g/mol. The second-order valence-electron chi connectivity index (χ2n) is 4.06. The average Bonchev–Trinajstić information content (AvgIpc) is 2.23. The van der Waals surface area contributed by atoms with E-state index in [1.807, 2.05) is 0 Å². The van der Waals surface area contributed by atoms with Crippen molar-refractivity contribution in [3.05, 3.63) is 16.3 Å². The minimum absolute atomic E-state index is 0.0329. The summed E-state index contributed by atoms with van der Waals surface area (Å²) in [5, 5.41) is 10.7. The van der Waals surface area contributed by atoms with Gasteiger partial charge in [0, 0.05) is 0 Å². The number of nitrogens with two attached hydrogens (primary N) is 1. The standard InChI is InChI=1S/C10H16N4O3/c1-7(2)4-3-5-17-9-8(14(15)16)6-12-10(11)13-9/h6-7H,3-5H2,1-2H3,(H2,11,12,13). The maximum Gasteiger partial charge on any atom is 0.349 e. The normalized spacial score (nSPS) is 10.5. The number of nitrogens with zero attached hydrogens (tertiary/aromatic N) is 3. The van der Waals surface area contributed by atoms with E-state index in [0.29, 0.717) is 12.5 Å². The van der Waals surface area contributed by atoms with Crippen molar-refractivity contribution in [1.29, 1.82) is 0 Å². The number of nitrogen functional groups attached to an aromatic ring is 1. The average molecular weight is 240 g/mol. The molecule has 1 rings (SSSR count). The maximum absolute atomic E-state index is 10.7. The number of rotatable bonds is 6. The molecular formula is C10H16N4O3. The highest BCUT2D eigenvalue weighted by atomic mass is 16.6. The fraction of sp³-hybridized carbons (Fsp3) is 0.600. The number of nitro groups is 1. The lowest BCUT2D eigenvalue weighted by Gasteiger charge is -2.07. The Morgan fingerprint density at radius 2 is 2.29 bits per heavy atom. The van der Waals surface area contributed by atoms with E-state index >= 15 is 0 Å². The van der Waals surface area contributed by atoms with Crippen LogP contribution in [0.2, 0.25) is 0 Å². The molecule has 0 radical (unpaired) electrons. The molecule has 1 aromatic heterocycles. The predicted molar refractivity (Wildman–Crippen MR) is 62.7 cm³/mol. The van der Waals surface area contributed by atoms with Gasteiger partial charge in [-0.15, -0.1) is 0 Å². The van der Waals surface area contributed by atoms with Crippen LogP contribution in [0.3, 0.4) is 0 Å². The van der Waals surface area contributed by atoms with Crippen LogP contribution in [0.25, 0.3) is 0 Å². The molecule has 94 valence electrons. The SMILES string of the molecule is CC(C)CCCOc1nc(N)ncc1[N+](=O)[O-]. The van der Waals surface area contributed by atoms with Gasteiger partial charge in [-0.1, -0.05) is 13.8 Å². The van der Waals surface area contributed by atoms with Crippen molar-refractivity contribution in [2.24, 2.45) is 5.92 Å². The molecule has 0 unspecified atom stereocenters. The summed E-state index contributed by atoms with van der Waals surface area (Å²) in [7, 11) is 0. The Balaban J connectivity index is 2.62. The summed E-state index contributed by atoms with van der Waals surface area (Å²) in [6.07, 6.45) is 2.87. The molecule has 1 heterocycles. The molecule has 7 nitrogen and oxygen atoms in total. The van der Waals surface area contributed by atoms with Crippen molar-refractivity contribution in [1.82, 2.24) is 9.97 Å². The number of hydrogen-bond acceptors (Lipinski definition) is 6. The van der Waals surface area contributed by atoms with Gasteiger partial charge in [0.25, 0.3) is 5.88 Å². The van der Waals surface area contributed by atoms with E-state index < -0.39 is 4.92 Å². The third-order valence-electron chi connectivity index (χ3n) is 2.12. The fourth-order valence-electron chi connectivity index (χ4n) is 1.26. The first-order valence-electron chi connectivity index (χ1n) is 5.40. The molecule has 2 N–H and O–H groups in total. The van der Waals surface area contributed by atoms with Gasteiger partial charge >= 0.3 is 5.69 Å². The lowest BCUT2D eigenvalue weighted by molar-refractivity contribution is -0.386.